The van der Waals surface area contributed by atoms with Gasteiger partial charge in [0.25, 0.3) is 5.91 Å². The predicted molar refractivity (Wildman–Crippen MR) is 138 cm³/mol. The minimum atomic E-state index is -0.916. The van der Waals surface area contributed by atoms with Gasteiger partial charge < -0.3 is 20.3 Å². The summed E-state index contributed by atoms with van der Waals surface area (Å²) in [5.74, 6) is 1.31. The van der Waals surface area contributed by atoms with E-state index >= 15 is 0 Å². The van der Waals surface area contributed by atoms with Crippen LogP contribution in [0.15, 0.2) is 54.6 Å². The van der Waals surface area contributed by atoms with Crippen LogP contribution in [0.25, 0.3) is 10.8 Å². The molecule has 1 amide bonds. The molecule has 37 heavy (non-hydrogen) atoms. The Balaban J connectivity index is 1.11. The number of hydrogen-bond donors (Lipinski definition) is 3. The summed E-state index contributed by atoms with van der Waals surface area (Å²) < 4.78 is 6.59. The Morgan fingerprint density at radius 2 is 1.92 bits per heavy atom. The molecule has 9 rings (SSSR count). The van der Waals surface area contributed by atoms with Crippen LogP contribution in [0.2, 0.25) is 0 Å². The molecular weight excluding hydrogens is 464 g/mol. The van der Waals surface area contributed by atoms with E-state index in [1.165, 1.54) is 18.4 Å². The summed E-state index contributed by atoms with van der Waals surface area (Å²) in [6, 6.07) is 17.5. The number of aromatic hydroxyl groups is 1. The van der Waals surface area contributed by atoms with Gasteiger partial charge in [-0.25, -0.2) is 0 Å². The fraction of sp³-hybridized carbons (Fsp3) is 0.452. The summed E-state index contributed by atoms with van der Waals surface area (Å²) in [7, 11) is 0. The highest BCUT2D eigenvalue weighted by molar-refractivity contribution is 5.98. The standard InChI is InChI=1S/C31H30N2O4/c34-23-10-9-21-14-29-16-30-24(21)25(23)37-26(30)22(11-12-31(30,36)28(29)33(29)15-17-5-6-17)32-27(35)20-8-7-18-3-1-2-4-19(18)13-20/h1-4,7-10,13,17,22,26,28,34,36H,5-6,11-12,14-16H2,(H,32,35)/t22-,26+,28?,29?,30+,31-,33?/m1/s1. The summed E-state index contributed by atoms with van der Waals surface area (Å²) in [6.45, 7) is 1.08. The average Bonchev–Trinajstić information content (AvgIpc) is 3.77. The molecule has 7 atom stereocenters. The molecule has 3 N–H and O–H groups in total. The van der Waals surface area contributed by atoms with E-state index in [1.807, 2.05) is 48.5 Å². The lowest BCUT2D eigenvalue weighted by Crippen LogP contribution is -2.68. The van der Waals surface area contributed by atoms with Gasteiger partial charge in [-0.1, -0.05) is 36.4 Å². The third-order valence-corrected chi connectivity index (χ3v) is 10.7. The number of piperidine rings is 1. The second kappa shape index (κ2) is 6.48. The van der Waals surface area contributed by atoms with E-state index in [4.69, 9.17) is 4.74 Å². The zero-order chi connectivity index (χ0) is 24.7. The Morgan fingerprint density at radius 3 is 2.76 bits per heavy atom. The highest BCUT2D eigenvalue weighted by atomic mass is 16.5. The number of carbonyl (C=O) groups excluding carboxylic acids is 1. The Bertz CT molecular complexity index is 1530. The first kappa shape index (κ1) is 20.9. The number of nitrogens with zero attached hydrogens (tertiary/aromatic N) is 1. The van der Waals surface area contributed by atoms with Crippen LogP contribution in [0.4, 0.5) is 0 Å². The number of phenols is 1. The van der Waals surface area contributed by atoms with E-state index in [-0.39, 0.29) is 29.3 Å². The molecule has 2 spiro atoms. The van der Waals surface area contributed by atoms with E-state index < -0.39 is 17.1 Å². The van der Waals surface area contributed by atoms with Crippen LogP contribution in [0.3, 0.4) is 0 Å². The first-order chi connectivity index (χ1) is 17.9. The molecule has 4 fully saturated rings. The average molecular weight is 495 g/mol. The summed E-state index contributed by atoms with van der Waals surface area (Å²) in [5, 5.41) is 28.8. The molecule has 0 radical (unpaired) electrons. The van der Waals surface area contributed by atoms with Gasteiger partial charge in [0.2, 0.25) is 0 Å². The van der Waals surface area contributed by atoms with Gasteiger partial charge >= 0.3 is 0 Å². The number of hydrogen-bond acceptors (Lipinski definition) is 5. The lowest BCUT2D eigenvalue weighted by atomic mass is 9.56. The second-order valence-electron chi connectivity index (χ2n) is 12.5. The SMILES string of the molecule is O=C(N[C@@H]1CC[C@@]2(O)C3N(CC4CC4)C34Cc3ccc(O)c5c3[C@@]2(C4)[C@H]1O5)c1ccc2ccccc2c1. The Hall–Kier alpha value is -3.09. The lowest BCUT2D eigenvalue weighted by Gasteiger charge is -2.53. The van der Waals surface area contributed by atoms with Crippen LogP contribution in [-0.4, -0.2) is 56.9 Å². The highest BCUT2D eigenvalue weighted by Gasteiger charge is 2.88. The van der Waals surface area contributed by atoms with Crippen molar-refractivity contribution in [2.75, 3.05) is 6.54 Å². The van der Waals surface area contributed by atoms with Gasteiger partial charge in [-0.15, -0.1) is 0 Å². The zero-order valence-electron chi connectivity index (χ0n) is 20.6. The molecule has 2 heterocycles. The van der Waals surface area contributed by atoms with Crippen LogP contribution in [-0.2, 0) is 11.8 Å². The Kier molecular flexibility index (Phi) is 3.66. The number of likely N-dealkylation sites (tertiary alicyclic amines) is 1. The number of aliphatic hydroxyl groups is 1. The van der Waals surface area contributed by atoms with Crippen molar-refractivity contribution in [2.24, 2.45) is 5.92 Å². The first-order valence-corrected chi connectivity index (χ1v) is 13.8. The van der Waals surface area contributed by atoms with Crippen LogP contribution < -0.4 is 10.1 Å². The first-order valence-electron chi connectivity index (χ1n) is 13.8. The van der Waals surface area contributed by atoms with Crippen LogP contribution in [0.5, 0.6) is 11.5 Å². The number of amides is 1. The number of carbonyl (C=O) groups is 1. The van der Waals surface area contributed by atoms with Crippen molar-refractivity contribution in [1.29, 1.82) is 0 Å². The summed E-state index contributed by atoms with van der Waals surface area (Å²) in [4.78, 5) is 16.1. The molecule has 3 unspecified atom stereocenters. The topological polar surface area (TPSA) is 81.8 Å². The molecule has 188 valence electrons. The number of ether oxygens (including phenoxy) is 1. The molecule has 2 bridgehead atoms. The quantitative estimate of drug-likeness (QED) is 0.483. The molecule has 2 aliphatic heterocycles. The number of fused-ring (bicyclic) bond motifs is 2. The molecule has 6 heteroatoms. The molecule has 4 aliphatic carbocycles. The molecule has 6 nitrogen and oxygen atoms in total. The monoisotopic (exact) mass is 494 g/mol. The molecular formula is C31H30N2O4. The maximum atomic E-state index is 13.5. The lowest BCUT2D eigenvalue weighted by molar-refractivity contribution is -0.116. The fourth-order valence-electron chi connectivity index (χ4n) is 9.10. The Labute approximate surface area is 215 Å². The summed E-state index contributed by atoms with van der Waals surface area (Å²) in [6.07, 6.45) is 5.21. The van der Waals surface area contributed by atoms with Gasteiger partial charge in [0.05, 0.1) is 23.1 Å². The third kappa shape index (κ3) is 2.38. The smallest absolute Gasteiger partial charge is 0.251 e. The largest absolute Gasteiger partial charge is 0.504 e. The fourth-order valence-corrected chi connectivity index (χ4v) is 9.10. The molecule has 1 saturated heterocycles. The van der Waals surface area contributed by atoms with Crippen molar-refractivity contribution in [2.45, 2.75) is 73.3 Å². The van der Waals surface area contributed by atoms with E-state index in [0.717, 1.165) is 41.6 Å². The van der Waals surface area contributed by atoms with Crippen molar-refractivity contribution in [3.63, 3.8) is 0 Å². The molecule has 3 aromatic carbocycles. The van der Waals surface area contributed by atoms with Crippen LogP contribution in [0.1, 0.15) is 53.6 Å². The van der Waals surface area contributed by atoms with Gasteiger partial charge in [0, 0.05) is 23.2 Å². The molecule has 3 aromatic rings. The number of rotatable bonds is 4. The molecule has 0 aromatic heterocycles. The van der Waals surface area contributed by atoms with Crippen molar-refractivity contribution in [3.05, 3.63) is 71.3 Å². The molecule has 6 aliphatic rings. The van der Waals surface area contributed by atoms with Crippen LogP contribution >= 0.6 is 0 Å². The summed E-state index contributed by atoms with van der Waals surface area (Å²) in [5.41, 5.74) is 1.29. The van der Waals surface area contributed by atoms with Gasteiger partial charge in [0.1, 0.15) is 6.10 Å². The minimum Gasteiger partial charge on any atom is -0.504 e. The maximum absolute atomic E-state index is 13.5. The third-order valence-electron chi connectivity index (χ3n) is 10.7. The maximum Gasteiger partial charge on any atom is 0.251 e. The van der Waals surface area contributed by atoms with Crippen molar-refractivity contribution in [1.82, 2.24) is 10.2 Å². The van der Waals surface area contributed by atoms with Gasteiger partial charge in [-0.2, -0.15) is 0 Å². The zero-order valence-corrected chi connectivity index (χ0v) is 20.6. The van der Waals surface area contributed by atoms with Crippen molar-refractivity contribution in [3.8, 4) is 11.5 Å². The van der Waals surface area contributed by atoms with Crippen molar-refractivity contribution >= 4 is 16.7 Å². The van der Waals surface area contributed by atoms with Gasteiger partial charge in [0.15, 0.2) is 11.5 Å². The minimum absolute atomic E-state index is 0.0260. The number of phenolic OH excluding ortho intramolecular Hbond substituents is 1. The predicted octanol–water partition coefficient (Wildman–Crippen LogP) is 3.66. The van der Waals surface area contributed by atoms with E-state index in [1.54, 1.807) is 6.07 Å². The van der Waals surface area contributed by atoms with E-state index in [0.29, 0.717) is 24.2 Å². The van der Waals surface area contributed by atoms with Crippen LogP contribution in [0, 0.1) is 5.92 Å². The highest BCUT2D eigenvalue weighted by Crippen LogP contribution is 2.77. The van der Waals surface area contributed by atoms with E-state index in [2.05, 4.69) is 10.2 Å². The summed E-state index contributed by atoms with van der Waals surface area (Å²) >= 11 is 0. The second-order valence-corrected chi connectivity index (χ2v) is 12.5. The van der Waals surface area contributed by atoms with Gasteiger partial charge in [-0.3, -0.25) is 9.69 Å². The number of nitrogens with one attached hydrogen (secondary N) is 1. The molecule has 3 saturated carbocycles. The van der Waals surface area contributed by atoms with Crippen molar-refractivity contribution < 1.29 is 19.7 Å². The van der Waals surface area contributed by atoms with E-state index in [9.17, 15) is 15.0 Å². The normalized spacial score (nSPS) is 39.6. The Morgan fingerprint density at radius 1 is 1.08 bits per heavy atom. The number of benzene rings is 3. The van der Waals surface area contributed by atoms with Gasteiger partial charge in [-0.05, 0) is 79.0 Å².